The topological polar surface area (TPSA) is 114 Å². The number of aryl methyl sites for hydroxylation is 1. The fourth-order valence-electron chi connectivity index (χ4n) is 3.98. The summed E-state index contributed by atoms with van der Waals surface area (Å²) >= 11 is 0. The number of amides is 1. The van der Waals surface area contributed by atoms with Gasteiger partial charge in [0.2, 0.25) is 0 Å². The van der Waals surface area contributed by atoms with Gasteiger partial charge in [0.05, 0.1) is 10.3 Å². The number of amidine groups is 1. The number of anilines is 1. The minimum Gasteiger partial charge on any atom is -0.362 e. The molecule has 1 saturated heterocycles. The lowest BCUT2D eigenvalue weighted by Crippen LogP contribution is -2.27. The molecule has 1 fully saturated rings. The molecule has 1 aliphatic heterocycles. The highest BCUT2D eigenvalue weighted by molar-refractivity contribution is 7.90. The van der Waals surface area contributed by atoms with Crippen molar-refractivity contribution in [1.29, 1.82) is 0 Å². The molecular weight excluding hydrogens is 454 g/mol. The van der Waals surface area contributed by atoms with Gasteiger partial charge in [-0.2, -0.15) is 13.5 Å². The van der Waals surface area contributed by atoms with E-state index in [-0.39, 0.29) is 16.1 Å². The van der Waals surface area contributed by atoms with Crippen molar-refractivity contribution in [3.63, 3.8) is 0 Å². The number of sulfonamides is 1. The number of hydrogen-bond donors (Lipinski definition) is 1. The van der Waals surface area contributed by atoms with Crippen LogP contribution in [0.1, 0.15) is 43.1 Å². The predicted octanol–water partition coefficient (Wildman–Crippen LogP) is 3.26. The number of likely N-dealkylation sites (tertiary alicyclic amines) is 1. The number of carbonyl (C=O) groups excluding carboxylic acids is 1. The van der Waals surface area contributed by atoms with Gasteiger partial charge in [0.1, 0.15) is 5.84 Å². The van der Waals surface area contributed by atoms with Gasteiger partial charge in [-0.3, -0.25) is 9.59 Å². The van der Waals surface area contributed by atoms with E-state index in [1.165, 1.54) is 16.8 Å². The second kappa shape index (κ2) is 9.76. The Hall–Kier alpha value is -3.53. The van der Waals surface area contributed by atoms with Crippen molar-refractivity contribution in [1.82, 2.24) is 14.7 Å². The molecule has 3 aromatic rings. The summed E-state index contributed by atoms with van der Waals surface area (Å²) in [6.07, 6.45) is 3.55. The summed E-state index contributed by atoms with van der Waals surface area (Å²) in [4.78, 5) is 27.5. The first-order chi connectivity index (χ1) is 16.3. The zero-order valence-electron chi connectivity index (χ0n) is 19.2. The van der Waals surface area contributed by atoms with E-state index in [2.05, 4.69) is 14.8 Å². The van der Waals surface area contributed by atoms with Crippen LogP contribution in [0.4, 0.5) is 5.69 Å². The van der Waals surface area contributed by atoms with Gasteiger partial charge in [-0.25, -0.2) is 4.68 Å². The van der Waals surface area contributed by atoms with Gasteiger partial charge in [0.25, 0.3) is 21.5 Å². The van der Waals surface area contributed by atoms with Gasteiger partial charge in [-0.05, 0) is 44.0 Å². The first kappa shape index (κ1) is 23.6. The third-order valence-corrected chi connectivity index (χ3v) is 7.13. The highest BCUT2D eigenvalue weighted by Crippen LogP contribution is 2.21. The van der Waals surface area contributed by atoms with Crippen LogP contribution in [0.25, 0.3) is 10.8 Å². The number of nitrogens with one attached hydrogen (secondary N) is 1. The molecule has 178 valence electrons. The highest BCUT2D eigenvalue weighted by Gasteiger charge is 2.20. The van der Waals surface area contributed by atoms with E-state index in [4.69, 9.17) is 0 Å². The minimum absolute atomic E-state index is 0.00760. The average Bonchev–Trinajstić information content (AvgIpc) is 3.03. The summed E-state index contributed by atoms with van der Waals surface area (Å²) in [5.74, 6) is 0.00666. The van der Waals surface area contributed by atoms with E-state index in [1.807, 2.05) is 11.9 Å². The number of hydrogen-bond acceptors (Lipinski definition) is 5. The Bertz CT molecular complexity index is 1430. The van der Waals surface area contributed by atoms with Crippen LogP contribution in [0.15, 0.2) is 62.6 Å². The maximum Gasteiger partial charge on any atom is 0.284 e. The SMILES string of the molecule is CCn1nc(C(=O)Nc2cccc(S(=O)(=O)N=C3CCCCCN3C)c2)c2ccccc2c1=O. The van der Waals surface area contributed by atoms with Gasteiger partial charge in [-0.1, -0.05) is 30.7 Å². The van der Waals surface area contributed by atoms with Gasteiger partial charge < -0.3 is 10.2 Å². The van der Waals surface area contributed by atoms with E-state index in [0.717, 1.165) is 25.8 Å². The lowest BCUT2D eigenvalue weighted by atomic mass is 10.1. The Balaban J connectivity index is 1.65. The van der Waals surface area contributed by atoms with Crippen LogP contribution >= 0.6 is 0 Å². The van der Waals surface area contributed by atoms with Gasteiger partial charge in [0, 0.05) is 37.6 Å². The molecule has 0 unspecified atom stereocenters. The lowest BCUT2D eigenvalue weighted by Gasteiger charge is -2.17. The summed E-state index contributed by atoms with van der Waals surface area (Å²) in [6.45, 7) is 2.85. The number of nitrogens with zero attached hydrogens (tertiary/aromatic N) is 4. The van der Waals surface area contributed by atoms with E-state index in [1.54, 1.807) is 43.3 Å². The highest BCUT2D eigenvalue weighted by atomic mass is 32.2. The van der Waals surface area contributed by atoms with Crippen molar-refractivity contribution in [3.05, 3.63) is 64.6 Å². The third kappa shape index (κ3) is 4.86. The molecule has 0 bridgehead atoms. The summed E-state index contributed by atoms with van der Waals surface area (Å²) in [6, 6.07) is 12.8. The third-order valence-electron chi connectivity index (χ3n) is 5.83. The largest absolute Gasteiger partial charge is 0.362 e. The Labute approximate surface area is 198 Å². The normalized spacial score (nSPS) is 15.9. The Morgan fingerprint density at radius 2 is 1.85 bits per heavy atom. The number of carbonyl (C=O) groups is 1. The molecule has 0 radical (unpaired) electrons. The van der Waals surface area contributed by atoms with Gasteiger partial charge >= 0.3 is 0 Å². The molecule has 1 aromatic heterocycles. The van der Waals surface area contributed by atoms with E-state index < -0.39 is 15.9 Å². The quantitative estimate of drug-likeness (QED) is 0.598. The predicted molar refractivity (Wildman–Crippen MR) is 132 cm³/mol. The van der Waals surface area contributed by atoms with Gasteiger partial charge in [-0.15, -0.1) is 4.40 Å². The summed E-state index contributed by atoms with van der Waals surface area (Å²) in [5.41, 5.74) is 0.108. The molecule has 0 aliphatic carbocycles. The van der Waals surface area contributed by atoms with E-state index in [9.17, 15) is 18.0 Å². The first-order valence-corrected chi connectivity index (χ1v) is 12.7. The standard InChI is InChI=1S/C24H27N5O4S/c1-3-29-24(31)20-13-7-6-12-19(20)22(26-29)23(30)25-17-10-9-11-18(16-17)34(32,33)27-21-14-5-4-8-15-28(21)2/h6-7,9-13,16H,3-5,8,14-15H2,1-2H3,(H,25,30). The zero-order chi connectivity index (χ0) is 24.3. The van der Waals surface area contributed by atoms with Crippen LogP contribution in [0.2, 0.25) is 0 Å². The minimum atomic E-state index is -3.95. The monoisotopic (exact) mass is 481 g/mol. The fourth-order valence-corrected chi connectivity index (χ4v) is 5.12. The maximum absolute atomic E-state index is 13.1. The average molecular weight is 482 g/mol. The van der Waals surface area contributed by atoms with Crippen molar-refractivity contribution < 1.29 is 13.2 Å². The second-order valence-electron chi connectivity index (χ2n) is 8.21. The van der Waals surface area contributed by atoms with E-state index in [0.29, 0.717) is 35.3 Å². The van der Waals surface area contributed by atoms with Crippen molar-refractivity contribution in [2.45, 2.75) is 44.0 Å². The number of benzene rings is 2. The molecule has 0 atom stereocenters. The molecule has 34 heavy (non-hydrogen) atoms. The molecule has 2 aromatic carbocycles. The Morgan fingerprint density at radius 3 is 2.62 bits per heavy atom. The fraction of sp³-hybridized carbons (Fsp3) is 0.333. The molecule has 1 N–H and O–H groups in total. The molecule has 1 aliphatic rings. The van der Waals surface area contributed by atoms with Gasteiger partial charge in [0.15, 0.2) is 5.69 Å². The van der Waals surface area contributed by atoms with Crippen molar-refractivity contribution in [3.8, 4) is 0 Å². The molecule has 2 heterocycles. The van der Waals surface area contributed by atoms with Crippen LogP contribution in [-0.4, -0.2) is 48.4 Å². The van der Waals surface area contributed by atoms with Crippen LogP contribution in [-0.2, 0) is 16.6 Å². The Morgan fingerprint density at radius 1 is 1.09 bits per heavy atom. The molecular formula is C24H27N5O4S. The maximum atomic E-state index is 13.1. The van der Waals surface area contributed by atoms with Crippen molar-refractivity contribution in [2.24, 2.45) is 4.40 Å². The molecule has 4 rings (SSSR count). The first-order valence-electron chi connectivity index (χ1n) is 11.3. The van der Waals surface area contributed by atoms with Crippen molar-refractivity contribution in [2.75, 3.05) is 18.9 Å². The molecule has 1 amide bonds. The molecule has 10 heteroatoms. The van der Waals surface area contributed by atoms with Crippen LogP contribution < -0.4 is 10.9 Å². The number of rotatable bonds is 5. The second-order valence-corrected chi connectivity index (χ2v) is 9.82. The zero-order valence-corrected chi connectivity index (χ0v) is 20.0. The molecule has 0 saturated carbocycles. The smallest absolute Gasteiger partial charge is 0.284 e. The van der Waals surface area contributed by atoms with Crippen LogP contribution in [0.5, 0.6) is 0 Å². The number of aromatic nitrogens is 2. The molecule has 9 nitrogen and oxygen atoms in total. The summed E-state index contributed by atoms with van der Waals surface area (Å²) < 4.78 is 31.3. The number of fused-ring (bicyclic) bond motifs is 1. The molecule has 0 spiro atoms. The summed E-state index contributed by atoms with van der Waals surface area (Å²) in [7, 11) is -2.10. The van der Waals surface area contributed by atoms with Crippen molar-refractivity contribution >= 4 is 38.2 Å². The summed E-state index contributed by atoms with van der Waals surface area (Å²) in [5, 5.41) is 7.77. The Kier molecular flexibility index (Phi) is 6.78. The van der Waals surface area contributed by atoms with Crippen LogP contribution in [0.3, 0.4) is 0 Å². The van der Waals surface area contributed by atoms with E-state index >= 15 is 0 Å². The van der Waals surface area contributed by atoms with Crippen LogP contribution in [0, 0.1) is 0 Å². The lowest BCUT2D eigenvalue weighted by molar-refractivity contribution is 0.102.